The van der Waals surface area contributed by atoms with Gasteiger partial charge in [-0.15, -0.1) is 0 Å². The summed E-state index contributed by atoms with van der Waals surface area (Å²) >= 11 is 0. The predicted octanol–water partition coefficient (Wildman–Crippen LogP) is 4.93. The molecule has 0 rings (SSSR count). The molecule has 0 atom stereocenters. The average Bonchev–Trinajstić information content (AvgIpc) is 2.34. The minimum Gasteiger partial charge on any atom is -0.311 e. The van der Waals surface area contributed by atoms with Gasteiger partial charge in [-0.25, -0.2) is 4.89 Å². The molecule has 0 aromatic rings. The van der Waals surface area contributed by atoms with Gasteiger partial charge < -0.3 is 9.05 Å². The van der Waals surface area contributed by atoms with Gasteiger partial charge in [0.25, 0.3) is 0 Å². The van der Waals surface area contributed by atoms with Crippen molar-refractivity contribution in [2.75, 3.05) is 19.8 Å². The van der Waals surface area contributed by atoms with Crippen LogP contribution < -0.4 is 0 Å². The zero-order valence-corrected chi connectivity index (χ0v) is 13.7. The maximum Gasteiger partial charge on any atom is 0.362 e. The van der Waals surface area contributed by atoms with Crippen molar-refractivity contribution >= 4 is 8.60 Å². The summed E-state index contributed by atoms with van der Waals surface area (Å²) in [5, 5.41) is 0. The van der Waals surface area contributed by atoms with Gasteiger partial charge in [0.1, 0.15) is 6.61 Å². The van der Waals surface area contributed by atoms with Gasteiger partial charge >= 0.3 is 8.60 Å². The molecule has 4 nitrogen and oxygen atoms in total. The average molecular weight is 290 g/mol. The van der Waals surface area contributed by atoms with E-state index in [4.69, 9.17) is 18.6 Å². The summed E-state index contributed by atoms with van der Waals surface area (Å²) in [4.78, 5) is 5.09. The molecule has 0 aliphatic heterocycles. The molecule has 0 radical (unpaired) electrons. The molecule has 5 heteroatoms. The van der Waals surface area contributed by atoms with Crippen LogP contribution in [0.2, 0.25) is 0 Å². The summed E-state index contributed by atoms with van der Waals surface area (Å²) in [5.74, 6) is 0. The van der Waals surface area contributed by atoms with E-state index in [1.165, 1.54) is 11.1 Å². The Labute approximate surface area is 118 Å². The van der Waals surface area contributed by atoms with Crippen LogP contribution in [0.25, 0.3) is 0 Å². The number of hydrogen-bond acceptors (Lipinski definition) is 4. The summed E-state index contributed by atoms with van der Waals surface area (Å²) in [7, 11) is -1.37. The smallest absolute Gasteiger partial charge is 0.311 e. The predicted molar refractivity (Wildman–Crippen MR) is 79.6 cm³/mol. The second kappa shape index (κ2) is 12.8. The number of allylic oxidation sites excluding steroid dienone is 3. The van der Waals surface area contributed by atoms with E-state index in [-0.39, 0.29) is 0 Å². The lowest BCUT2D eigenvalue weighted by Crippen LogP contribution is -1.97. The van der Waals surface area contributed by atoms with Crippen molar-refractivity contribution in [1.82, 2.24) is 0 Å². The molecule has 0 N–H and O–H groups in total. The molecule has 0 aromatic heterocycles. The van der Waals surface area contributed by atoms with Gasteiger partial charge in [-0.3, -0.25) is 0 Å². The van der Waals surface area contributed by atoms with Crippen molar-refractivity contribution in [2.45, 2.75) is 47.5 Å². The second-order valence-electron chi connectivity index (χ2n) is 4.29. The Morgan fingerprint density at radius 2 is 1.63 bits per heavy atom. The van der Waals surface area contributed by atoms with Gasteiger partial charge in [-0.2, -0.15) is 4.67 Å². The first-order chi connectivity index (χ1) is 9.10. The van der Waals surface area contributed by atoms with Crippen LogP contribution >= 0.6 is 8.60 Å². The molecule has 0 amide bonds. The molecule has 19 heavy (non-hydrogen) atoms. The SMILES string of the molecule is CCOP(OCC)OOC/C=C(\C)CCC=C(C)C. The van der Waals surface area contributed by atoms with Crippen LogP contribution in [-0.2, 0) is 18.6 Å². The van der Waals surface area contributed by atoms with Crippen LogP contribution in [0.15, 0.2) is 23.3 Å². The van der Waals surface area contributed by atoms with Crippen molar-refractivity contribution < 1.29 is 18.6 Å². The maximum absolute atomic E-state index is 5.25. The van der Waals surface area contributed by atoms with Crippen LogP contribution in [0.4, 0.5) is 0 Å². The van der Waals surface area contributed by atoms with Crippen LogP contribution in [-0.4, -0.2) is 19.8 Å². The number of hydrogen-bond donors (Lipinski definition) is 0. The lowest BCUT2D eigenvalue weighted by molar-refractivity contribution is -0.206. The third-order valence-electron chi connectivity index (χ3n) is 2.17. The van der Waals surface area contributed by atoms with E-state index in [0.29, 0.717) is 19.8 Å². The molecule has 0 saturated carbocycles. The second-order valence-corrected chi connectivity index (χ2v) is 5.40. The molecule has 0 aromatic carbocycles. The molecule has 0 spiro atoms. The van der Waals surface area contributed by atoms with E-state index in [0.717, 1.165) is 12.8 Å². The third kappa shape index (κ3) is 12.5. The highest BCUT2D eigenvalue weighted by molar-refractivity contribution is 7.41. The Balaban J connectivity index is 3.77. The Bertz CT molecular complexity index is 267. The molecule has 0 unspecified atom stereocenters. The molecule has 112 valence electrons. The summed E-state index contributed by atoms with van der Waals surface area (Å²) < 4.78 is 15.6. The zero-order valence-electron chi connectivity index (χ0n) is 12.8. The largest absolute Gasteiger partial charge is 0.362 e. The van der Waals surface area contributed by atoms with E-state index in [2.05, 4.69) is 26.8 Å². The first-order valence-corrected chi connectivity index (χ1v) is 7.84. The standard InChI is InChI=1S/C14H27O4P/c1-6-16-19(17-7-2)18-15-12-11-14(5)10-8-9-13(3)4/h9,11H,6-8,10,12H2,1-5H3/b14-11+. The minimum absolute atomic E-state index is 0.416. The van der Waals surface area contributed by atoms with Crippen molar-refractivity contribution in [3.8, 4) is 0 Å². The highest BCUT2D eigenvalue weighted by Gasteiger charge is 2.11. The van der Waals surface area contributed by atoms with Crippen LogP contribution in [0.5, 0.6) is 0 Å². The molecular weight excluding hydrogens is 263 g/mol. The van der Waals surface area contributed by atoms with Gasteiger partial charge in [0.2, 0.25) is 0 Å². The van der Waals surface area contributed by atoms with Crippen LogP contribution in [0.1, 0.15) is 47.5 Å². The zero-order chi connectivity index (χ0) is 14.5. The van der Waals surface area contributed by atoms with E-state index >= 15 is 0 Å². The first-order valence-electron chi connectivity index (χ1n) is 6.74. The molecule has 0 bridgehead atoms. The quantitative estimate of drug-likeness (QED) is 0.178. The van der Waals surface area contributed by atoms with Crippen molar-refractivity contribution in [3.63, 3.8) is 0 Å². The normalized spacial score (nSPS) is 12.0. The molecule has 0 aliphatic carbocycles. The fourth-order valence-corrected chi connectivity index (χ4v) is 1.96. The highest BCUT2D eigenvalue weighted by Crippen LogP contribution is 2.39. The topological polar surface area (TPSA) is 36.9 Å². The fourth-order valence-electron chi connectivity index (χ4n) is 1.23. The first kappa shape index (κ1) is 18.8. The summed E-state index contributed by atoms with van der Waals surface area (Å²) in [5.41, 5.74) is 2.64. The van der Waals surface area contributed by atoms with Crippen molar-refractivity contribution in [1.29, 1.82) is 0 Å². The Hall–Kier alpha value is -0.250. The fraction of sp³-hybridized carbons (Fsp3) is 0.714. The molecule has 0 fully saturated rings. The lowest BCUT2D eigenvalue weighted by atomic mass is 10.1. The Morgan fingerprint density at radius 1 is 1.00 bits per heavy atom. The van der Waals surface area contributed by atoms with Gasteiger partial charge in [-0.05, 0) is 47.5 Å². The van der Waals surface area contributed by atoms with Crippen LogP contribution in [0.3, 0.4) is 0 Å². The van der Waals surface area contributed by atoms with E-state index < -0.39 is 8.60 Å². The molecular formula is C14H27O4P. The molecule has 0 saturated heterocycles. The van der Waals surface area contributed by atoms with E-state index in [1.807, 2.05) is 19.9 Å². The van der Waals surface area contributed by atoms with Gasteiger partial charge in [0.05, 0.1) is 13.2 Å². The van der Waals surface area contributed by atoms with Crippen LogP contribution in [0, 0.1) is 0 Å². The van der Waals surface area contributed by atoms with Gasteiger partial charge in [-0.1, -0.05) is 23.3 Å². The summed E-state index contributed by atoms with van der Waals surface area (Å²) in [6.07, 6.45) is 6.36. The van der Waals surface area contributed by atoms with Gasteiger partial charge in [0, 0.05) is 0 Å². The maximum atomic E-state index is 5.25. The van der Waals surface area contributed by atoms with E-state index in [9.17, 15) is 0 Å². The van der Waals surface area contributed by atoms with Gasteiger partial charge in [0.15, 0.2) is 0 Å². The van der Waals surface area contributed by atoms with Crippen molar-refractivity contribution in [3.05, 3.63) is 23.3 Å². The monoisotopic (exact) mass is 290 g/mol. The third-order valence-corrected chi connectivity index (χ3v) is 3.34. The van der Waals surface area contributed by atoms with Crippen molar-refractivity contribution in [2.24, 2.45) is 0 Å². The summed E-state index contributed by atoms with van der Waals surface area (Å²) in [6, 6.07) is 0. The highest BCUT2D eigenvalue weighted by atomic mass is 31.2. The summed E-state index contributed by atoms with van der Waals surface area (Å²) in [6.45, 7) is 11.6. The Morgan fingerprint density at radius 3 is 2.16 bits per heavy atom. The minimum atomic E-state index is -1.37. The molecule has 0 heterocycles. The number of rotatable bonds is 11. The van der Waals surface area contributed by atoms with E-state index in [1.54, 1.807) is 0 Å². The molecule has 0 aliphatic rings. The Kier molecular flexibility index (Phi) is 12.6. The lowest BCUT2D eigenvalue weighted by Gasteiger charge is -2.12.